The van der Waals surface area contributed by atoms with Crippen LogP contribution in [0.2, 0.25) is 5.15 Å². The molecular weight excluding hydrogens is 562 g/mol. The second kappa shape index (κ2) is 13.9. The largest absolute Gasteiger partial charge is 0.478 e. The van der Waals surface area contributed by atoms with Gasteiger partial charge in [-0.05, 0) is 92.3 Å². The van der Waals surface area contributed by atoms with Gasteiger partial charge in [-0.15, -0.1) is 0 Å². The van der Waals surface area contributed by atoms with E-state index in [1.807, 2.05) is 28.7 Å². The van der Waals surface area contributed by atoms with Gasteiger partial charge >= 0.3 is 12.0 Å². The molecule has 0 unspecified atom stereocenters. The Morgan fingerprint density at radius 1 is 1.20 bits per heavy atom. The molecule has 41 heavy (non-hydrogen) atoms. The average molecular weight is 598 g/mol. The molecule has 3 heterocycles. The maximum atomic E-state index is 13.4. The monoisotopic (exact) mass is 597 g/mol. The van der Waals surface area contributed by atoms with Crippen LogP contribution in [0.15, 0.2) is 47.2 Å². The molecular formula is C30H36ClN5O4S. The van der Waals surface area contributed by atoms with Crippen molar-refractivity contribution >= 4 is 46.5 Å². The number of anilines is 1. The van der Waals surface area contributed by atoms with Crippen molar-refractivity contribution in [3.05, 3.63) is 80.3 Å². The number of halogens is 1. The predicted octanol–water partition coefficient (Wildman–Crippen LogP) is 5.82. The standard InChI is InChI=1S/C30H36ClN5O4S/c1-19-15-26(31)33-21(3)27(19)28(37)32-11-7-20(2)35-12-8-25(9-13-35)36(17-22-10-14-41-18-22)30(40)34-24-6-4-5-23(16-24)29(38)39/h4-6,10,14-16,18,20,25H,7-9,11-13,17H2,1-3H3,(H,32,37)(H,34,40)(H,38,39)/t20-/m1/s1. The summed E-state index contributed by atoms with van der Waals surface area (Å²) in [7, 11) is 0. The maximum Gasteiger partial charge on any atom is 0.335 e. The van der Waals surface area contributed by atoms with Crippen molar-refractivity contribution in [3.63, 3.8) is 0 Å². The number of rotatable bonds is 10. The molecule has 3 amide bonds. The molecule has 3 N–H and O–H groups in total. The average Bonchev–Trinajstić information content (AvgIpc) is 3.45. The molecule has 1 atom stereocenters. The zero-order chi connectivity index (χ0) is 29.5. The molecule has 0 radical (unpaired) electrons. The van der Waals surface area contributed by atoms with Crippen molar-refractivity contribution in [1.82, 2.24) is 20.1 Å². The summed E-state index contributed by atoms with van der Waals surface area (Å²) in [6.45, 7) is 8.51. The number of amides is 3. The molecule has 218 valence electrons. The lowest BCUT2D eigenvalue weighted by Gasteiger charge is -2.40. The van der Waals surface area contributed by atoms with Crippen LogP contribution in [0.3, 0.4) is 0 Å². The molecule has 1 aliphatic heterocycles. The minimum atomic E-state index is -1.04. The lowest BCUT2D eigenvalue weighted by Crippen LogP contribution is -2.50. The van der Waals surface area contributed by atoms with Crippen LogP contribution in [0, 0.1) is 13.8 Å². The number of aryl methyl sites for hydroxylation is 2. The van der Waals surface area contributed by atoms with Gasteiger partial charge in [0.05, 0.1) is 16.8 Å². The fourth-order valence-corrected chi connectivity index (χ4v) is 6.25. The molecule has 1 aromatic carbocycles. The molecule has 9 nitrogen and oxygen atoms in total. The number of thiophene rings is 1. The van der Waals surface area contributed by atoms with E-state index >= 15 is 0 Å². The first-order valence-electron chi connectivity index (χ1n) is 13.7. The van der Waals surface area contributed by atoms with Crippen molar-refractivity contribution in [1.29, 1.82) is 0 Å². The molecule has 1 fully saturated rings. The molecule has 3 aromatic rings. The van der Waals surface area contributed by atoms with E-state index in [4.69, 9.17) is 11.6 Å². The van der Waals surface area contributed by atoms with E-state index in [1.54, 1.807) is 36.5 Å². The third-order valence-corrected chi connectivity index (χ3v) is 8.48. The van der Waals surface area contributed by atoms with Crippen molar-refractivity contribution in [2.75, 3.05) is 25.0 Å². The number of aromatic carboxylic acids is 1. The summed E-state index contributed by atoms with van der Waals surface area (Å²) in [5, 5.41) is 19.7. The first-order chi connectivity index (χ1) is 19.6. The smallest absolute Gasteiger partial charge is 0.335 e. The quantitative estimate of drug-likeness (QED) is 0.254. The van der Waals surface area contributed by atoms with Crippen LogP contribution in [-0.4, -0.2) is 69.5 Å². The number of nitrogens with one attached hydrogen (secondary N) is 2. The third kappa shape index (κ3) is 8.06. The number of carbonyl (C=O) groups is 3. The Labute approximate surface area is 249 Å². The Balaban J connectivity index is 1.32. The van der Waals surface area contributed by atoms with Crippen molar-refractivity contribution < 1.29 is 19.5 Å². The highest BCUT2D eigenvalue weighted by atomic mass is 35.5. The summed E-state index contributed by atoms with van der Waals surface area (Å²) in [4.78, 5) is 46.0. The number of carboxylic acid groups (broad SMARTS) is 1. The number of piperidine rings is 1. The number of hydrogen-bond acceptors (Lipinski definition) is 6. The highest BCUT2D eigenvalue weighted by Gasteiger charge is 2.30. The first-order valence-corrected chi connectivity index (χ1v) is 15.0. The SMILES string of the molecule is Cc1cc(Cl)nc(C)c1C(=O)NCC[C@@H](C)N1CCC(N(Cc2ccsc2)C(=O)Nc2cccc(C(=O)O)c2)CC1. The normalized spacial score (nSPS) is 14.8. The van der Waals surface area contributed by atoms with Gasteiger partial charge in [0.2, 0.25) is 0 Å². The molecule has 4 rings (SSSR count). The Morgan fingerprint density at radius 2 is 1.95 bits per heavy atom. The van der Waals surface area contributed by atoms with Gasteiger partial charge in [0, 0.05) is 44.0 Å². The van der Waals surface area contributed by atoms with Gasteiger partial charge in [-0.1, -0.05) is 17.7 Å². The maximum absolute atomic E-state index is 13.4. The van der Waals surface area contributed by atoms with E-state index in [1.165, 1.54) is 12.1 Å². The minimum absolute atomic E-state index is 0.0454. The summed E-state index contributed by atoms with van der Waals surface area (Å²) < 4.78 is 0. The van der Waals surface area contributed by atoms with E-state index in [2.05, 4.69) is 27.4 Å². The fraction of sp³-hybridized carbons (Fsp3) is 0.400. The number of pyridine rings is 1. The Bertz CT molecular complexity index is 1350. The van der Waals surface area contributed by atoms with Gasteiger partial charge in [0.25, 0.3) is 5.91 Å². The van der Waals surface area contributed by atoms with Crippen LogP contribution in [0.5, 0.6) is 0 Å². The highest BCUT2D eigenvalue weighted by molar-refractivity contribution is 7.07. The number of carbonyl (C=O) groups excluding carboxylic acids is 2. The van der Waals surface area contributed by atoms with Gasteiger partial charge in [-0.2, -0.15) is 11.3 Å². The number of carboxylic acids is 1. The van der Waals surface area contributed by atoms with Crippen LogP contribution >= 0.6 is 22.9 Å². The van der Waals surface area contributed by atoms with Gasteiger partial charge in [0.15, 0.2) is 0 Å². The number of nitrogens with zero attached hydrogens (tertiary/aromatic N) is 3. The number of urea groups is 1. The number of aromatic nitrogens is 1. The van der Waals surface area contributed by atoms with E-state index in [0.717, 1.165) is 43.5 Å². The van der Waals surface area contributed by atoms with Crippen molar-refractivity contribution in [2.45, 2.75) is 58.7 Å². The molecule has 0 saturated carbocycles. The second-order valence-electron chi connectivity index (χ2n) is 10.5. The summed E-state index contributed by atoms with van der Waals surface area (Å²) in [5.41, 5.74) is 3.65. The molecule has 0 bridgehead atoms. The lowest BCUT2D eigenvalue weighted by molar-refractivity contribution is 0.0696. The lowest BCUT2D eigenvalue weighted by atomic mass is 10.0. The van der Waals surface area contributed by atoms with Crippen molar-refractivity contribution in [3.8, 4) is 0 Å². The fourth-order valence-electron chi connectivity index (χ4n) is 5.30. The summed E-state index contributed by atoms with van der Waals surface area (Å²) >= 11 is 7.59. The van der Waals surface area contributed by atoms with E-state index in [9.17, 15) is 19.5 Å². The highest BCUT2D eigenvalue weighted by Crippen LogP contribution is 2.24. The zero-order valence-corrected chi connectivity index (χ0v) is 25.1. The summed E-state index contributed by atoms with van der Waals surface area (Å²) in [6, 6.07) is 10.1. The molecule has 1 aliphatic rings. The predicted molar refractivity (Wildman–Crippen MR) is 162 cm³/mol. The number of benzene rings is 1. The van der Waals surface area contributed by atoms with E-state index in [0.29, 0.717) is 35.2 Å². The number of likely N-dealkylation sites (tertiary alicyclic amines) is 1. The van der Waals surface area contributed by atoms with Crippen LogP contribution in [0.4, 0.5) is 10.5 Å². The Hall–Kier alpha value is -3.47. The molecule has 0 spiro atoms. The Kier molecular flexibility index (Phi) is 10.4. The van der Waals surface area contributed by atoms with Gasteiger partial charge in [0.1, 0.15) is 5.15 Å². The van der Waals surface area contributed by atoms with Crippen LogP contribution in [-0.2, 0) is 6.54 Å². The molecule has 1 saturated heterocycles. The van der Waals surface area contributed by atoms with Gasteiger partial charge < -0.3 is 25.5 Å². The minimum Gasteiger partial charge on any atom is -0.478 e. The first kappa shape index (κ1) is 30.5. The second-order valence-corrected chi connectivity index (χ2v) is 11.6. The molecule has 2 aromatic heterocycles. The van der Waals surface area contributed by atoms with E-state index in [-0.39, 0.29) is 29.6 Å². The van der Waals surface area contributed by atoms with Crippen LogP contribution < -0.4 is 10.6 Å². The summed E-state index contributed by atoms with van der Waals surface area (Å²) in [5.74, 6) is -1.18. The number of hydrogen-bond donors (Lipinski definition) is 3. The molecule has 11 heteroatoms. The zero-order valence-electron chi connectivity index (χ0n) is 23.5. The topological polar surface area (TPSA) is 115 Å². The van der Waals surface area contributed by atoms with Gasteiger partial charge in [-0.3, -0.25) is 4.79 Å². The van der Waals surface area contributed by atoms with Crippen LogP contribution in [0.1, 0.15) is 63.7 Å². The van der Waals surface area contributed by atoms with Gasteiger partial charge in [-0.25, -0.2) is 14.6 Å². The third-order valence-electron chi connectivity index (χ3n) is 7.56. The molecule has 0 aliphatic carbocycles. The van der Waals surface area contributed by atoms with E-state index < -0.39 is 5.97 Å². The van der Waals surface area contributed by atoms with Crippen molar-refractivity contribution in [2.24, 2.45) is 0 Å². The Morgan fingerprint density at radius 3 is 2.61 bits per heavy atom. The summed E-state index contributed by atoms with van der Waals surface area (Å²) in [6.07, 6.45) is 2.44. The van der Waals surface area contributed by atoms with Crippen LogP contribution in [0.25, 0.3) is 0 Å².